The summed E-state index contributed by atoms with van der Waals surface area (Å²) in [5.74, 6) is 8.61. The highest BCUT2D eigenvalue weighted by molar-refractivity contribution is 5.31. The number of hydrogen-bond donors (Lipinski definition) is 3. The summed E-state index contributed by atoms with van der Waals surface area (Å²) in [5.41, 5.74) is 0. The number of rotatable bonds is 10. The molecule has 0 aromatic heterocycles. The number of terminal acetylenes is 2. The van der Waals surface area contributed by atoms with Gasteiger partial charge in [-0.2, -0.15) is 0 Å². The second kappa shape index (κ2) is 35.0. The topological polar surface area (TPSA) is 115 Å². The zero-order valence-electron chi connectivity index (χ0n) is 16.7. The average Bonchev–Trinajstić information content (AvgIpc) is 2.62. The first-order valence-corrected chi connectivity index (χ1v) is 7.92. The summed E-state index contributed by atoms with van der Waals surface area (Å²) in [6.07, 6.45) is 9.39. The molecular weight excluding hydrogens is 354 g/mol. The van der Waals surface area contributed by atoms with Gasteiger partial charge in [0.25, 0.3) is 0 Å². The van der Waals surface area contributed by atoms with E-state index in [4.69, 9.17) is 42.6 Å². The van der Waals surface area contributed by atoms with E-state index in [0.29, 0.717) is 26.4 Å². The van der Waals surface area contributed by atoms with E-state index in [9.17, 15) is 0 Å². The molecule has 0 atom stereocenters. The first-order chi connectivity index (χ1) is 12.9. The normalized spacial score (nSPS) is 8.22. The van der Waals surface area contributed by atoms with Crippen molar-refractivity contribution in [3.63, 3.8) is 0 Å². The number of nitrogens with zero attached hydrogens (tertiary/aromatic N) is 3. The van der Waals surface area contributed by atoms with Crippen molar-refractivity contribution in [3.05, 3.63) is 4.91 Å². The van der Waals surface area contributed by atoms with Crippen molar-refractivity contribution in [2.24, 2.45) is 5.34 Å². The van der Waals surface area contributed by atoms with Crippen LogP contribution in [0.3, 0.4) is 0 Å². The highest BCUT2D eigenvalue weighted by atomic mass is 16.6. The Balaban J connectivity index is -0.0000000264. The first-order valence-electron chi connectivity index (χ1n) is 7.92. The summed E-state index contributed by atoms with van der Waals surface area (Å²) in [7, 11) is 7.95. The molecule has 0 rings (SSSR count). The second-order valence-corrected chi connectivity index (χ2v) is 4.90. The Morgan fingerprint density at radius 1 is 0.852 bits per heavy atom. The molecule has 0 spiro atoms. The molecule has 0 aromatic rings. The van der Waals surface area contributed by atoms with Gasteiger partial charge in [0, 0.05) is 21.6 Å². The third kappa shape index (κ3) is 69.0. The lowest BCUT2D eigenvalue weighted by Gasteiger charge is -2.08. The predicted octanol–water partition coefficient (Wildman–Crippen LogP) is 0.988. The van der Waals surface area contributed by atoms with E-state index in [1.165, 1.54) is 5.34 Å². The fourth-order valence-electron chi connectivity index (χ4n) is 0.900. The number of aliphatic hydroxyl groups is 2. The molecule has 0 fully saturated rings. The van der Waals surface area contributed by atoms with E-state index in [1.54, 1.807) is 0 Å². The Labute approximate surface area is 172 Å². The van der Waals surface area contributed by atoms with Crippen molar-refractivity contribution in [3.8, 4) is 36.5 Å². The van der Waals surface area contributed by atoms with Crippen LogP contribution in [0.2, 0.25) is 0 Å². The molecular formula is C18H45N3O6. The highest BCUT2D eigenvalue weighted by Gasteiger charge is 1.88. The van der Waals surface area contributed by atoms with Crippen LogP contribution in [0.1, 0.15) is 8.56 Å². The monoisotopic (exact) mass is 399 g/mol. The molecule has 9 nitrogen and oxygen atoms in total. The second-order valence-electron chi connectivity index (χ2n) is 4.90. The molecule has 3 N–H and O–H groups in total. The maximum Gasteiger partial charge on any atom is 0.152 e. The Kier molecular flexibility index (Phi) is 42.2. The zero-order valence-corrected chi connectivity index (χ0v) is 16.7. The van der Waals surface area contributed by atoms with Crippen molar-refractivity contribution in [1.29, 1.82) is 0 Å². The van der Waals surface area contributed by atoms with Gasteiger partial charge in [-0.15, -0.1) is 17.8 Å². The molecule has 27 heavy (non-hydrogen) atoms. The molecule has 0 saturated heterocycles. The molecule has 9 heteroatoms. The fourth-order valence-corrected chi connectivity index (χ4v) is 0.900. The number of likely N-dealkylation sites (N-methyl/N-ethyl adjacent to an activating group) is 2. The minimum Gasteiger partial charge on any atom is -0.394 e. The lowest BCUT2D eigenvalue weighted by molar-refractivity contribution is 0.0821. The standard InChI is InChI=1S/2C6H15NO2.C6H2.HNO2.6H2/c2*1-7(2)3-5-9-6-4-8;1-3-5-6-4-2;2-1-3;;;;;;/h2*8H,3-6H2,1-2H3;1-2H;(H,2,3);6*1H. The van der Waals surface area contributed by atoms with Gasteiger partial charge < -0.3 is 34.7 Å². The molecule has 168 valence electrons. The van der Waals surface area contributed by atoms with Gasteiger partial charge in [0.05, 0.1) is 39.6 Å². The van der Waals surface area contributed by atoms with E-state index in [0.717, 1.165) is 13.1 Å². The van der Waals surface area contributed by atoms with Crippen LogP contribution in [0.5, 0.6) is 0 Å². The summed E-state index contributed by atoms with van der Waals surface area (Å²) >= 11 is 0. The fraction of sp³-hybridized carbons (Fsp3) is 0.667. The summed E-state index contributed by atoms with van der Waals surface area (Å²) in [6.45, 7) is 4.38. The molecule has 0 saturated carbocycles. The number of hydrogen-bond acceptors (Lipinski definition) is 8. The maximum atomic E-state index is 8.29. The molecule has 0 heterocycles. The summed E-state index contributed by atoms with van der Waals surface area (Å²) in [5, 5.41) is 24.5. The van der Waals surface area contributed by atoms with Crippen molar-refractivity contribution in [2.75, 3.05) is 80.9 Å². The van der Waals surface area contributed by atoms with E-state index in [-0.39, 0.29) is 21.8 Å². The van der Waals surface area contributed by atoms with Crippen LogP contribution in [0, 0.1) is 41.4 Å². The van der Waals surface area contributed by atoms with Crippen LogP contribution < -0.4 is 0 Å². The SMILES string of the molecule is C#CC#CC#C.CN(C)CCOCCO.CN(C)CCOCCO.O=NO.[HH].[HH].[HH].[HH].[HH].[HH]. The predicted molar refractivity (Wildman–Crippen MR) is 119 cm³/mol. The largest absolute Gasteiger partial charge is 0.394 e. The van der Waals surface area contributed by atoms with Gasteiger partial charge in [-0.1, -0.05) is 0 Å². The van der Waals surface area contributed by atoms with Crippen molar-refractivity contribution in [2.45, 2.75) is 0 Å². The molecule has 0 bridgehead atoms. The molecule has 0 radical (unpaired) electrons. The van der Waals surface area contributed by atoms with Gasteiger partial charge in [-0.05, 0) is 51.9 Å². The van der Waals surface area contributed by atoms with Gasteiger partial charge in [-0.3, -0.25) is 0 Å². The molecule has 0 aliphatic heterocycles. The molecule has 0 aliphatic carbocycles. The molecule has 0 amide bonds. The van der Waals surface area contributed by atoms with Crippen LogP contribution in [0.15, 0.2) is 5.34 Å². The summed E-state index contributed by atoms with van der Waals surface area (Å²) < 4.78 is 10.0. The van der Waals surface area contributed by atoms with Gasteiger partial charge >= 0.3 is 0 Å². The Morgan fingerprint density at radius 2 is 1.15 bits per heavy atom. The number of aliphatic hydroxyl groups excluding tert-OH is 2. The minimum atomic E-state index is 0. The molecule has 0 aromatic carbocycles. The lowest BCUT2D eigenvalue weighted by atomic mass is 10.6. The lowest BCUT2D eigenvalue weighted by Crippen LogP contribution is -2.18. The first kappa shape index (κ1) is 32.5. The van der Waals surface area contributed by atoms with Crippen LogP contribution in [0.25, 0.3) is 0 Å². The van der Waals surface area contributed by atoms with Gasteiger partial charge in [0.2, 0.25) is 0 Å². The third-order valence-electron chi connectivity index (χ3n) is 2.04. The zero-order chi connectivity index (χ0) is 21.8. The van der Waals surface area contributed by atoms with Gasteiger partial charge in [0.1, 0.15) is 0 Å². The van der Waals surface area contributed by atoms with Crippen LogP contribution >= 0.6 is 0 Å². The van der Waals surface area contributed by atoms with E-state index >= 15 is 0 Å². The summed E-state index contributed by atoms with van der Waals surface area (Å²) in [4.78, 5) is 12.2. The quantitative estimate of drug-likeness (QED) is 0.216. The minimum absolute atomic E-state index is 0. The van der Waals surface area contributed by atoms with Crippen LogP contribution in [-0.4, -0.2) is 106 Å². The maximum absolute atomic E-state index is 8.29. The highest BCUT2D eigenvalue weighted by Crippen LogP contribution is 1.77. The van der Waals surface area contributed by atoms with E-state index < -0.39 is 0 Å². The van der Waals surface area contributed by atoms with Crippen molar-refractivity contribution < 1.29 is 33.5 Å². The summed E-state index contributed by atoms with van der Waals surface area (Å²) in [6, 6.07) is 0. The van der Waals surface area contributed by atoms with E-state index in [1.807, 2.05) is 38.0 Å². The Bertz CT molecular complexity index is 408. The van der Waals surface area contributed by atoms with Crippen molar-refractivity contribution >= 4 is 0 Å². The van der Waals surface area contributed by atoms with E-state index in [2.05, 4.69) is 23.7 Å². The Hall–Kier alpha value is -2.16. The Morgan fingerprint density at radius 3 is 1.33 bits per heavy atom. The van der Waals surface area contributed by atoms with Crippen LogP contribution in [0.4, 0.5) is 0 Å². The smallest absolute Gasteiger partial charge is 0.152 e. The third-order valence-corrected chi connectivity index (χ3v) is 2.04. The van der Waals surface area contributed by atoms with Crippen LogP contribution in [-0.2, 0) is 9.47 Å². The van der Waals surface area contributed by atoms with Gasteiger partial charge in [0.15, 0.2) is 5.34 Å². The number of ether oxygens (including phenoxy) is 2. The molecule has 0 unspecified atom stereocenters. The van der Waals surface area contributed by atoms with Gasteiger partial charge in [-0.25, -0.2) is 0 Å². The van der Waals surface area contributed by atoms with Crippen molar-refractivity contribution in [1.82, 2.24) is 9.80 Å². The molecule has 0 aliphatic rings. The average molecular weight is 400 g/mol.